The molecule has 11 heteroatoms. The maximum absolute atomic E-state index is 16.1. The molecule has 0 amide bonds. The number of aromatic nitrogens is 1. The lowest BCUT2D eigenvalue weighted by Gasteiger charge is -2.44. The molecule has 0 radical (unpaired) electrons. The van der Waals surface area contributed by atoms with E-state index in [-0.39, 0.29) is 17.5 Å². The summed E-state index contributed by atoms with van der Waals surface area (Å²) in [6.45, 7) is 0.176. The zero-order valence-corrected chi connectivity index (χ0v) is 28.0. The van der Waals surface area contributed by atoms with Gasteiger partial charge in [-0.3, -0.25) is 0 Å². The second-order valence-corrected chi connectivity index (χ2v) is 12.4. The minimum absolute atomic E-state index is 0.111. The average Bonchev–Trinajstić information content (AvgIpc) is 3.56. The molecule has 7 nitrogen and oxygen atoms in total. The van der Waals surface area contributed by atoms with Gasteiger partial charge in [-0.15, -0.1) is 0 Å². The summed E-state index contributed by atoms with van der Waals surface area (Å²) < 4.78 is 70.8. The van der Waals surface area contributed by atoms with Crippen LogP contribution in [0.1, 0.15) is 29.2 Å². The number of amidine groups is 1. The number of hydrogen-bond donors (Lipinski definition) is 1. The molecular weight excluding hydrogens is 667 g/mol. The van der Waals surface area contributed by atoms with Crippen LogP contribution in [-0.2, 0) is 15.9 Å². The van der Waals surface area contributed by atoms with Gasteiger partial charge in [-0.25, -0.2) is 14.4 Å². The van der Waals surface area contributed by atoms with Crippen molar-refractivity contribution in [3.63, 3.8) is 0 Å². The van der Waals surface area contributed by atoms with E-state index in [0.717, 1.165) is 29.7 Å². The van der Waals surface area contributed by atoms with Gasteiger partial charge in [0.05, 0.1) is 14.2 Å². The molecule has 2 heterocycles. The van der Waals surface area contributed by atoms with Crippen molar-refractivity contribution in [3.8, 4) is 23.0 Å². The fourth-order valence-corrected chi connectivity index (χ4v) is 6.39. The fourth-order valence-electron chi connectivity index (χ4n) is 6.23. The van der Waals surface area contributed by atoms with Gasteiger partial charge in [0, 0.05) is 22.2 Å². The van der Waals surface area contributed by atoms with Crippen molar-refractivity contribution in [1.29, 1.82) is 0 Å². The van der Waals surface area contributed by atoms with E-state index in [2.05, 4.69) is 15.3 Å². The Balaban J connectivity index is 1.35. The summed E-state index contributed by atoms with van der Waals surface area (Å²) in [6, 6.07) is 32.7. The van der Waals surface area contributed by atoms with Crippen molar-refractivity contribution in [1.82, 2.24) is 10.3 Å². The first-order valence-corrected chi connectivity index (χ1v) is 16.0. The molecule has 1 atom stereocenters. The smallest absolute Gasteiger partial charge is 0.310 e. The molecule has 0 spiro atoms. The minimum atomic E-state index is -3.62. The molecule has 0 unspecified atom stereocenters. The number of oxazole rings is 1. The molecule has 254 valence electrons. The number of ether oxygens (including phenoxy) is 3. The van der Waals surface area contributed by atoms with E-state index in [1.165, 1.54) is 12.1 Å². The number of nitrogens with zero attached hydrogens (tertiary/aromatic N) is 2. The number of benzene rings is 5. The highest BCUT2D eigenvalue weighted by molar-refractivity contribution is 6.31. The number of methoxy groups -OCH3 is 2. The maximum atomic E-state index is 16.1. The molecule has 0 saturated carbocycles. The molecule has 0 aliphatic carbocycles. The summed E-state index contributed by atoms with van der Waals surface area (Å²) in [5.74, 6) is -3.15. The molecule has 50 heavy (non-hydrogen) atoms. The summed E-state index contributed by atoms with van der Waals surface area (Å²) in [5, 5.41) is 3.83. The van der Waals surface area contributed by atoms with Gasteiger partial charge < -0.3 is 23.9 Å². The topological polar surface area (TPSA) is 78.1 Å². The predicted molar refractivity (Wildman–Crippen MR) is 186 cm³/mol. The molecule has 1 aliphatic heterocycles. The van der Waals surface area contributed by atoms with Gasteiger partial charge in [-0.05, 0) is 78.2 Å². The van der Waals surface area contributed by atoms with Crippen LogP contribution in [0.5, 0.6) is 11.5 Å². The predicted octanol–water partition coefficient (Wildman–Crippen LogP) is 9.12. The van der Waals surface area contributed by atoms with Crippen molar-refractivity contribution >= 4 is 28.7 Å². The Morgan fingerprint density at radius 1 is 0.800 bits per heavy atom. The number of nitrogens with one attached hydrogen (secondary N) is 1. The molecule has 0 bridgehead atoms. The van der Waals surface area contributed by atoms with Gasteiger partial charge in [-0.2, -0.15) is 8.78 Å². The molecular formula is C39H31ClF3N3O4. The van der Waals surface area contributed by atoms with Crippen molar-refractivity contribution in [2.45, 2.75) is 24.0 Å². The minimum Gasteiger partial charge on any atom is -0.497 e. The van der Waals surface area contributed by atoms with Crippen LogP contribution in [0.4, 0.5) is 13.2 Å². The Labute approximate surface area is 291 Å². The van der Waals surface area contributed by atoms with Gasteiger partial charge in [-0.1, -0.05) is 66.2 Å². The first-order chi connectivity index (χ1) is 24.1. The van der Waals surface area contributed by atoms with Gasteiger partial charge in [0.2, 0.25) is 11.5 Å². The third-order valence-electron chi connectivity index (χ3n) is 9.05. The molecule has 1 N–H and O–H groups in total. The fraction of sp³-hybridized carbons (Fsp3) is 0.179. The summed E-state index contributed by atoms with van der Waals surface area (Å²) in [5.41, 5.74) is -0.736. The molecule has 5 aromatic carbocycles. The van der Waals surface area contributed by atoms with Gasteiger partial charge in [0.25, 0.3) is 6.02 Å². The van der Waals surface area contributed by atoms with Gasteiger partial charge in [0.1, 0.15) is 34.9 Å². The number of halogens is 4. The third kappa shape index (κ3) is 5.69. The van der Waals surface area contributed by atoms with Crippen LogP contribution in [-0.4, -0.2) is 37.7 Å². The number of aliphatic imine (C=N–C) groups is 1. The second-order valence-electron chi connectivity index (χ2n) is 12.0. The summed E-state index contributed by atoms with van der Waals surface area (Å²) in [6.07, 6.45) is 0. The van der Waals surface area contributed by atoms with Crippen LogP contribution in [0.15, 0.2) is 125 Å². The quantitative estimate of drug-likeness (QED) is 0.160. The molecule has 6 aromatic rings. The van der Waals surface area contributed by atoms with Crippen LogP contribution in [0.3, 0.4) is 0 Å². The Hall–Kier alpha value is -5.48. The number of fused-ring (bicyclic) bond motifs is 1. The van der Waals surface area contributed by atoms with E-state index in [1.54, 1.807) is 56.7 Å². The van der Waals surface area contributed by atoms with Crippen LogP contribution in [0.2, 0.25) is 5.02 Å². The highest BCUT2D eigenvalue weighted by Crippen LogP contribution is 2.47. The van der Waals surface area contributed by atoms with E-state index >= 15 is 13.2 Å². The van der Waals surface area contributed by atoms with E-state index in [4.69, 9.17) is 30.2 Å². The summed E-state index contributed by atoms with van der Waals surface area (Å²) in [7, 11) is 3.14. The van der Waals surface area contributed by atoms with E-state index < -0.39 is 35.0 Å². The van der Waals surface area contributed by atoms with Crippen molar-refractivity contribution in [3.05, 3.63) is 148 Å². The van der Waals surface area contributed by atoms with Crippen molar-refractivity contribution in [2.24, 2.45) is 4.99 Å². The summed E-state index contributed by atoms with van der Waals surface area (Å²) >= 11 is 6.11. The van der Waals surface area contributed by atoms with E-state index in [1.807, 2.05) is 54.6 Å². The third-order valence-corrected chi connectivity index (χ3v) is 9.28. The van der Waals surface area contributed by atoms with Gasteiger partial charge in [0.15, 0.2) is 5.58 Å². The molecule has 0 saturated heterocycles. The monoisotopic (exact) mass is 697 g/mol. The Kier molecular flexibility index (Phi) is 8.43. The van der Waals surface area contributed by atoms with Gasteiger partial charge >= 0.3 is 5.92 Å². The highest BCUT2D eigenvalue weighted by Gasteiger charge is 2.58. The van der Waals surface area contributed by atoms with Crippen molar-refractivity contribution < 1.29 is 31.8 Å². The lowest BCUT2D eigenvalue weighted by atomic mass is 9.77. The van der Waals surface area contributed by atoms with E-state index in [0.29, 0.717) is 27.6 Å². The highest BCUT2D eigenvalue weighted by atomic mass is 35.5. The van der Waals surface area contributed by atoms with Crippen LogP contribution >= 0.6 is 11.6 Å². The number of alkyl halides is 2. The first kappa shape index (κ1) is 33.0. The standard InChI is InChI=1S/C39H31ClF3N3O4/c1-37(31-21-24(9-19-32(31)41)35-45-33-20-14-28(40)22-34(33)49-35)38(42,43)23-44-36(50-37)46-39(25-7-5-4-6-8-25,26-10-15-29(47-2)16-11-26)27-12-17-30(48-3)18-13-27/h4-22H,23H2,1-3H3,(H,44,46)/t37-/m1/s1. The van der Waals surface area contributed by atoms with Crippen LogP contribution in [0.25, 0.3) is 22.6 Å². The SMILES string of the molecule is COc1ccc(C(NC2=NCC(F)(F)[C@@](C)(c3cc(-c4nc5ccc(Cl)cc5o4)ccc3F)O2)(c2ccccc2)c2ccc(OC)cc2)cc1. The number of rotatable bonds is 8. The Morgan fingerprint density at radius 2 is 1.42 bits per heavy atom. The second kappa shape index (κ2) is 12.8. The Morgan fingerprint density at radius 3 is 2.04 bits per heavy atom. The van der Waals surface area contributed by atoms with E-state index in [9.17, 15) is 0 Å². The normalized spacial score (nSPS) is 17.1. The molecule has 0 fully saturated rings. The summed E-state index contributed by atoms with van der Waals surface area (Å²) in [4.78, 5) is 8.66. The lowest BCUT2D eigenvalue weighted by molar-refractivity contribution is -0.174. The van der Waals surface area contributed by atoms with Crippen LogP contribution < -0.4 is 14.8 Å². The average molecular weight is 698 g/mol. The zero-order valence-electron chi connectivity index (χ0n) is 27.2. The first-order valence-electron chi connectivity index (χ1n) is 15.7. The zero-order chi connectivity index (χ0) is 35.1. The Bertz CT molecular complexity index is 2140. The number of hydrogen-bond acceptors (Lipinski definition) is 7. The maximum Gasteiger partial charge on any atom is 0.310 e. The molecule has 1 aliphatic rings. The van der Waals surface area contributed by atoms with Crippen molar-refractivity contribution in [2.75, 3.05) is 20.8 Å². The molecule has 7 rings (SSSR count). The largest absolute Gasteiger partial charge is 0.497 e. The molecule has 1 aromatic heterocycles. The lowest BCUT2D eigenvalue weighted by Crippen LogP contribution is -2.58. The van der Waals surface area contributed by atoms with Crippen LogP contribution in [0, 0.1) is 5.82 Å².